The van der Waals surface area contributed by atoms with Gasteiger partial charge in [0.15, 0.2) is 5.82 Å². The molecule has 29 heavy (non-hydrogen) atoms. The van der Waals surface area contributed by atoms with E-state index >= 15 is 0 Å². The van der Waals surface area contributed by atoms with Crippen LogP contribution >= 0.6 is 0 Å². The maximum Gasteiger partial charge on any atom is 0.181 e. The van der Waals surface area contributed by atoms with E-state index in [2.05, 4.69) is 58.5 Å². The van der Waals surface area contributed by atoms with Crippen LogP contribution in [-0.4, -0.2) is 44.3 Å². The first kappa shape index (κ1) is 19.6. The summed E-state index contributed by atoms with van der Waals surface area (Å²) in [6, 6.07) is 4.21. The topological polar surface area (TPSA) is 89.5 Å². The van der Waals surface area contributed by atoms with Crippen molar-refractivity contribution in [1.29, 1.82) is 0 Å². The van der Waals surface area contributed by atoms with E-state index in [9.17, 15) is 0 Å². The third-order valence-corrected chi connectivity index (χ3v) is 5.72. The maximum atomic E-state index is 5.55. The Bertz CT molecular complexity index is 1010. The minimum Gasteiger partial charge on any atom is -0.384 e. The van der Waals surface area contributed by atoms with Crippen molar-refractivity contribution in [2.45, 2.75) is 52.4 Å². The van der Waals surface area contributed by atoms with Gasteiger partial charge < -0.3 is 4.74 Å². The molecule has 0 amide bonds. The summed E-state index contributed by atoms with van der Waals surface area (Å²) in [7, 11) is 1.73. The smallest absolute Gasteiger partial charge is 0.181 e. The summed E-state index contributed by atoms with van der Waals surface area (Å²) in [5, 5.41) is 15.0. The summed E-state index contributed by atoms with van der Waals surface area (Å²) in [4.78, 5) is 9.59. The SMILES string of the molecule is COCC(C)(C)c1nc2c(c(-c3ccnc(C)c3)c1-c1nnn[nH]1)CC(C)CC2. The normalized spacial score (nSPS) is 16.7. The summed E-state index contributed by atoms with van der Waals surface area (Å²) in [5.74, 6) is 1.26. The van der Waals surface area contributed by atoms with Crippen LogP contribution in [-0.2, 0) is 23.0 Å². The minimum atomic E-state index is -0.300. The zero-order valence-corrected chi connectivity index (χ0v) is 17.8. The highest BCUT2D eigenvalue weighted by atomic mass is 16.5. The largest absolute Gasteiger partial charge is 0.384 e. The molecule has 0 saturated heterocycles. The van der Waals surface area contributed by atoms with Gasteiger partial charge in [0.1, 0.15) is 0 Å². The lowest BCUT2D eigenvalue weighted by Crippen LogP contribution is -2.28. The summed E-state index contributed by atoms with van der Waals surface area (Å²) >= 11 is 0. The van der Waals surface area contributed by atoms with Gasteiger partial charge in [-0.05, 0) is 71.4 Å². The van der Waals surface area contributed by atoms with Gasteiger partial charge in [-0.2, -0.15) is 0 Å². The quantitative estimate of drug-likeness (QED) is 0.712. The van der Waals surface area contributed by atoms with Crippen molar-refractivity contribution in [3.63, 3.8) is 0 Å². The Balaban J connectivity index is 2.10. The van der Waals surface area contributed by atoms with Crippen LogP contribution in [0, 0.1) is 12.8 Å². The highest BCUT2D eigenvalue weighted by Crippen LogP contribution is 2.43. The highest BCUT2D eigenvalue weighted by molar-refractivity contribution is 5.86. The Morgan fingerprint density at radius 3 is 2.79 bits per heavy atom. The van der Waals surface area contributed by atoms with Crippen LogP contribution in [0.2, 0.25) is 0 Å². The molecule has 3 aromatic rings. The second kappa shape index (κ2) is 7.63. The molecule has 1 aliphatic rings. The third kappa shape index (κ3) is 3.67. The zero-order valence-electron chi connectivity index (χ0n) is 17.8. The molecule has 0 aliphatic heterocycles. The molecule has 3 aromatic heterocycles. The standard InChI is InChI=1S/C22H28N6O/c1-13-6-7-17-16(10-13)18(15-8-9-23-14(2)11-15)19(21-25-27-28-26-21)20(24-17)22(3,4)12-29-5/h8-9,11,13H,6-7,10,12H2,1-5H3,(H,25,26,27,28). The molecule has 1 unspecified atom stereocenters. The lowest BCUT2D eigenvalue weighted by molar-refractivity contribution is 0.145. The Kier molecular flexibility index (Phi) is 5.17. The Morgan fingerprint density at radius 1 is 1.28 bits per heavy atom. The fourth-order valence-corrected chi connectivity index (χ4v) is 4.37. The van der Waals surface area contributed by atoms with Crippen molar-refractivity contribution < 1.29 is 4.74 Å². The molecule has 7 heteroatoms. The number of hydrogen-bond donors (Lipinski definition) is 1. The van der Waals surface area contributed by atoms with Crippen molar-refractivity contribution in [3.8, 4) is 22.5 Å². The van der Waals surface area contributed by atoms with E-state index in [0.717, 1.165) is 41.8 Å². The van der Waals surface area contributed by atoms with Gasteiger partial charge in [-0.1, -0.05) is 20.8 Å². The summed E-state index contributed by atoms with van der Waals surface area (Å²) in [5.41, 5.74) is 7.41. The number of fused-ring (bicyclic) bond motifs is 1. The van der Waals surface area contributed by atoms with Crippen molar-refractivity contribution in [2.75, 3.05) is 13.7 Å². The number of tetrazole rings is 1. The van der Waals surface area contributed by atoms with Crippen LogP contribution in [0.25, 0.3) is 22.5 Å². The van der Waals surface area contributed by atoms with Gasteiger partial charge in [0.05, 0.1) is 17.9 Å². The Labute approximate surface area is 171 Å². The average Bonchev–Trinajstić information content (AvgIpc) is 3.21. The fraction of sp³-hybridized carbons (Fsp3) is 0.500. The summed E-state index contributed by atoms with van der Waals surface area (Å²) < 4.78 is 5.55. The molecule has 3 heterocycles. The molecule has 4 rings (SSSR count). The van der Waals surface area contributed by atoms with Crippen LogP contribution in [0.15, 0.2) is 18.3 Å². The number of H-pyrrole nitrogens is 1. The van der Waals surface area contributed by atoms with Crippen molar-refractivity contribution in [1.82, 2.24) is 30.6 Å². The molecule has 7 nitrogen and oxygen atoms in total. The van der Waals surface area contributed by atoms with Gasteiger partial charge in [0.2, 0.25) is 0 Å². The molecule has 1 aliphatic carbocycles. The number of aromatic nitrogens is 6. The average molecular weight is 393 g/mol. The Hall–Kier alpha value is -2.67. The van der Waals surface area contributed by atoms with E-state index in [1.54, 1.807) is 7.11 Å². The van der Waals surface area contributed by atoms with Crippen LogP contribution in [0.3, 0.4) is 0 Å². The minimum absolute atomic E-state index is 0.300. The van der Waals surface area contributed by atoms with E-state index in [4.69, 9.17) is 9.72 Å². The van der Waals surface area contributed by atoms with Gasteiger partial charge in [-0.25, -0.2) is 5.10 Å². The number of ether oxygens (including phenoxy) is 1. The van der Waals surface area contributed by atoms with Gasteiger partial charge in [0, 0.05) is 30.1 Å². The monoisotopic (exact) mass is 392 g/mol. The number of rotatable bonds is 5. The molecule has 0 saturated carbocycles. The zero-order chi connectivity index (χ0) is 20.6. The number of pyridine rings is 2. The predicted octanol–water partition coefficient (Wildman–Crippen LogP) is 3.68. The second-order valence-electron chi connectivity index (χ2n) is 8.74. The van der Waals surface area contributed by atoms with E-state index in [-0.39, 0.29) is 5.41 Å². The van der Waals surface area contributed by atoms with Crippen LogP contribution < -0.4 is 0 Å². The summed E-state index contributed by atoms with van der Waals surface area (Å²) in [6.45, 7) is 9.20. The number of nitrogens with one attached hydrogen (secondary N) is 1. The van der Waals surface area contributed by atoms with Gasteiger partial charge in [-0.3, -0.25) is 9.97 Å². The number of hydrogen-bond acceptors (Lipinski definition) is 6. The molecular formula is C22H28N6O. The Morgan fingerprint density at radius 2 is 2.10 bits per heavy atom. The second-order valence-corrected chi connectivity index (χ2v) is 8.74. The molecule has 1 atom stereocenters. The first-order chi connectivity index (χ1) is 13.9. The molecule has 0 bridgehead atoms. The molecule has 0 fully saturated rings. The number of aromatic amines is 1. The molecule has 0 spiro atoms. The van der Waals surface area contributed by atoms with Gasteiger partial charge in [-0.15, -0.1) is 5.10 Å². The lowest BCUT2D eigenvalue weighted by Gasteiger charge is -2.31. The lowest BCUT2D eigenvalue weighted by atomic mass is 9.77. The molecule has 1 N–H and O–H groups in total. The number of aryl methyl sites for hydroxylation is 2. The maximum absolute atomic E-state index is 5.55. The van der Waals surface area contributed by atoms with E-state index in [0.29, 0.717) is 18.3 Å². The number of methoxy groups -OCH3 is 1. The van der Waals surface area contributed by atoms with E-state index < -0.39 is 0 Å². The van der Waals surface area contributed by atoms with E-state index in [1.807, 2.05) is 13.1 Å². The summed E-state index contributed by atoms with van der Waals surface area (Å²) in [6.07, 6.45) is 5.01. The molecule has 0 radical (unpaired) electrons. The van der Waals surface area contributed by atoms with Crippen LogP contribution in [0.1, 0.15) is 49.8 Å². The van der Waals surface area contributed by atoms with Gasteiger partial charge >= 0.3 is 0 Å². The third-order valence-electron chi connectivity index (χ3n) is 5.72. The van der Waals surface area contributed by atoms with Crippen LogP contribution in [0.5, 0.6) is 0 Å². The fourth-order valence-electron chi connectivity index (χ4n) is 4.37. The van der Waals surface area contributed by atoms with Crippen molar-refractivity contribution in [2.24, 2.45) is 5.92 Å². The first-order valence-corrected chi connectivity index (χ1v) is 10.1. The predicted molar refractivity (Wildman–Crippen MR) is 111 cm³/mol. The molecule has 0 aromatic carbocycles. The highest BCUT2D eigenvalue weighted by Gasteiger charge is 2.34. The van der Waals surface area contributed by atoms with Crippen LogP contribution in [0.4, 0.5) is 0 Å². The first-order valence-electron chi connectivity index (χ1n) is 10.1. The van der Waals surface area contributed by atoms with Crippen molar-refractivity contribution >= 4 is 0 Å². The van der Waals surface area contributed by atoms with Crippen molar-refractivity contribution in [3.05, 3.63) is 41.0 Å². The molecule has 152 valence electrons. The number of nitrogens with zero attached hydrogens (tertiary/aromatic N) is 5. The van der Waals surface area contributed by atoms with E-state index in [1.165, 1.54) is 16.8 Å². The van der Waals surface area contributed by atoms with Gasteiger partial charge in [0.25, 0.3) is 0 Å². The molecular weight excluding hydrogens is 364 g/mol.